The molecule has 0 aliphatic rings. The zero-order valence-electron chi connectivity index (χ0n) is 20.2. The number of hydrogen-bond donors (Lipinski definition) is 1. The monoisotopic (exact) mass is 448 g/mol. The van der Waals surface area contributed by atoms with Crippen LogP contribution < -0.4 is 0 Å². The van der Waals surface area contributed by atoms with Crippen LogP contribution in [0.25, 0.3) is 0 Å². The lowest BCUT2D eigenvalue weighted by Gasteiger charge is -2.24. The van der Waals surface area contributed by atoms with Gasteiger partial charge in [0.25, 0.3) is 0 Å². The highest BCUT2D eigenvalue weighted by molar-refractivity contribution is 5.66. The average molecular weight is 449 g/mol. The molecule has 5 nitrogen and oxygen atoms in total. The fraction of sp³-hybridized carbons (Fsp3) is 0.704. The summed E-state index contributed by atoms with van der Waals surface area (Å²) in [5.41, 5.74) is 1.16. The van der Waals surface area contributed by atoms with Crippen LogP contribution in [-0.2, 0) is 25.7 Å². The first kappa shape index (κ1) is 28.2. The fourth-order valence-corrected chi connectivity index (χ4v) is 3.96. The number of carbonyl (C=O) groups is 2. The molecule has 1 rings (SSSR count). The number of carbonyl (C=O) groups excluding carboxylic acids is 1. The summed E-state index contributed by atoms with van der Waals surface area (Å²) in [6.45, 7) is 4.28. The molecule has 32 heavy (non-hydrogen) atoms. The average Bonchev–Trinajstić information content (AvgIpc) is 2.76. The molecule has 0 radical (unpaired) electrons. The Balaban J connectivity index is 2.50. The van der Waals surface area contributed by atoms with Crippen LogP contribution in [0.2, 0.25) is 0 Å². The summed E-state index contributed by atoms with van der Waals surface area (Å²) in [6.07, 6.45) is 13.6. The first-order valence-electron chi connectivity index (χ1n) is 12.6. The van der Waals surface area contributed by atoms with Crippen LogP contribution in [0.3, 0.4) is 0 Å². The van der Waals surface area contributed by atoms with Crippen LogP contribution in [0.5, 0.6) is 0 Å². The summed E-state index contributed by atoms with van der Waals surface area (Å²) in [5.74, 6) is -0.961. The Kier molecular flexibility index (Phi) is 16.4. The predicted octanol–water partition coefficient (Wildman–Crippen LogP) is 7.07. The van der Waals surface area contributed by atoms with Gasteiger partial charge in [-0.3, -0.25) is 9.59 Å². The standard InChI is InChI=1S/C27H44O5/c1-3-4-5-7-13-18-25(31-22-24-16-11-10-12-17-24)21-26(32-23(2)28)19-14-8-6-9-15-20-27(29)30/h10-12,16-17,25-26H,3-9,13-15,18-22H2,1-2H3,(H,29,30). The van der Waals surface area contributed by atoms with Crippen molar-refractivity contribution >= 4 is 11.9 Å². The molecule has 1 aromatic carbocycles. The van der Waals surface area contributed by atoms with E-state index in [4.69, 9.17) is 14.6 Å². The van der Waals surface area contributed by atoms with Gasteiger partial charge in [0.15, 0.2) is 0 Å². The number of benzene rings is 1. The maximum absolute atomic E-state index is 11.7. The van der Waals surface area contributed by atoms with Crippen LogP contribution >= 0.6 is 0 Å². The number of hydrogen-bond acceptors (Lipinski definition) is 4. The second-order valence-corrected chi connectivity index (χ2v) is 8.79. The van der Waals surface area contributed by atoms with E-state index >= 15 is 0 Å². The van der Waals surface area contributed by atoms with Gasteiger partial charge in [-0.25, -0.2) is 0 Å². The summed E-state index contributed by atoms with van der Waals surface area (Å²) in [7, 11) is 0. The molecule has 0 heterocycles. The second kappa shape index (κ2) is 18.7. The number of esters is 1. The third kappa shape index (κ3) is 15.9. The Morgan fingerprint density at radius 3 is 2.06 bits per heavy atom. The molecule has 0 fully saturated rings. The Morgan fingerprint density at radius 2 is 1.44 bits per heavy atom. The van der Waals surface area contributed by atoms with Crippen LogP contribution in [0, 0.1) is 0 Å². The zero-order chi connectivity index (χ0) is 23.4. The minimum Gasteiger partial charge on any atom is -0.481 e. The lowest BCUT2D eigenvalue weighted by atomic mass is 9.99. The summed E-state index contributed by atoms with van der Waals surface area (Å²) in [5, 5.41) is 8.72. The molecule has 1 aromatic rings. The fourth-order valence-electron chi connectivity index (χ4n) is 3.96. The highest BCUT2D eigenvalue weighted by atomic mass is 16.5. The highest BCUT2D eigenvalue weighted by Crippen LogP contribution is 2.21. The van der Waals surface area contributed by atoms with E-state index in [1.165, 1.54) is 32.6 Å². The number of aliphatic carboxylic acids is 1. The molecule has 5 heteroatoms. The van der Waals surface area contributed by atoms with E-state index in [2.05, 4.69) is 19.1 Å². The maximum Gasteiger partial charge on any atom is 0.303 e. The summed E-state index contributed by atoms with van der Waals surface area (Å²) < 4.78 is 11.9. The van der Waals surface area contributed by atoms with Gasteiger partial charge in [-0.05, 0) is 31.2 Å². The van der Waals surface area contributed by atoms with E-state index in [0.29, 0.717) is 6.61 Å². The quantitative estimate of drug-likeness (QED) is 0.171. The molecule has 0 aliphatic carbocycles. The van der Waals surface area contributed by atoms with Crippen molar-refractivity contribution in [3.05, 3.63) is 35.9 Å². The molecule has 182 valence electrons. The summed E-state index contributed by atoms with van der Waals surface area (Å²) in [6, 6.07) is 10.2. The van der Waals surface area contributed by atoms with Gasteiger partial charge in [-0.2, -0.15) is 0 Å². The van der Waals surface area contributed by atoms with Crippen molar-refractivity contribution in [3.8, 4) is 0 Å². The molecule has 0 saturated carbocycles. The zero-order valence-corrected chi connectivity index (χ0v) is 20.2. The largest absolute Gasteiger partial charge is 0.481 e. The molecular weight excluding hydrogens is 404 g/mol. The Labute approximate surface area is 194 Å². The van der Waals surface area contributed by atoms with Crippen LogP contribution in [0.4, 0.5) is 0 Å². The number of ether oxygens (including phenoxy) is 2. The van der Waals surface area contributed by atoms with Crippen LogP contribution in [0.15, 0.2) is 30.3 Å². The topological polar surface area (TPSA) is 72.8 Å². The predicted molar refractivity (Wildman–Crippen MR) is 129 cm³/mol. The molecule has 0 aliphatic heterocycles. The molecule has 2 unspecified atom stereocenters. The minimum absolute atomic E-state index is 0.0803. The summed E-state index contributed by atoms with van der Waals surface area (Å²) >= 11 is 0. The molecule has 2 atom stereocenters. The number of carboxylic acids is 1. The highest BCUT2D eigenvalue weighted by Gasteiger charge is 2.19. The van der Waals surface area contributed by atoms with Gasteiger partial charge in [0, 0.05) is 19.8 Å². The van der Waals surface area contributed by atoms with Crippen molar-refractivity contribution in [2.24, 2.45) is 0 Å². The van der Waals surface area contributed by atoms with E-state index in [-0.39, 0.29) is 24.6 Å². The van der Waals surface area contributed by atoms with E-state index in [1.807, 2.05) is 18.2 Å². The van der Waals surface area contributed by atoms with E-state index in [0.717, 1.165) is 63.4 Å². The third-order valence-electron chi connectivity index (χ3n) is 5.73. The van der Waals surface area contributed by atoms with Gasteiger partial charge in [0.2, 0.25) is 0 Å². The normalized spacial score (nSPS) is 12.9. The van der Waals surface area contributed by atoms with Crippen molar-refractivity contribution < 1.29 is 24.2 Å². The van der Waals surface area contributed by atoms with Gasteiger partial charge in [-0.1, -0.05) is 88.6 Å². The molecule has 0 aromatic heterocycles. The SMILES string of the molecule is CCCCCCCC(CC(CCCCCCCC(=O)O)OC(C)=O)OCc1ccccc1. The maximum atomic E-state index is 11.7. The van der Waals surface area contributed by atoms with Crippen LogP contribution in [-0.4, -0.2) is 29.3 Å². The summed E-state index contributed by atoms with van der Waals surface area (Å²) in [4.78, 5) is 22.3. The smallest absolute Gasteiger partial charge is 0.303 e. The van der Waals surface area contributed by atoms with Crippen molar-refractivity contribution in [2.75, 3.05) is 0 Å². The van der Waals surface area contributed by atoms with Crippen molar-refractivity contribution in [2.45, 2.75) is 123 Å². The van der Waals surface area contributed by atoms with Gasteiger partial charge >= 0.3 is 11.9 Å². The van der Waals surface area contributed by atoms with E-state index in [1.54, 1.807) is 0 Å². The second-order valence-electron chi connectivity index (χ2n) is 8.79. The number of carboxylic acid groups (broad SMARTS) is 1. The number of unbranched alkanes of at least 4 members (excludes halogenated alkanes) is 8. The Hall–Kier alpha value is -1.88. The van der Waals surface area contributed by atoms with Crippen molar-refractivity contribution in [3.63, 3.8) is 0 Å². The molecule has 1 N–H and O–H groups in total. The Morgan fingerprint density at radius 1 is 0.844 bits per heavy atom. The number of rotatable bonds is 20. The first-order chi connectivity index (χ1) is 15.5. The first-order valence-corrected chi connectivity index (χ1v) is 12.6. The molecule has 0 amide bonds. The van der Waals surface area contributed by atoms with Gasteiger partial charge < -0.3 is 14.6 Å². The lowest BCUT2D eigenvalue weighted by Crippen LogP contribution is -2.25. The van der Waals surface area contributed by atoms with Gasteiger partial charge in [0.05, 0.1) is 12.7 Å². The van der Waals surface area contributed by atoms with Crippen molar-refractivity contribution in [1.82, 2.24) is 0 Å². The van der Waals surface area contributed by atoms with Gasteiger partial charge in [-0.15, -0.1) is 0 Å². The molecular formula is C27H44O5. The third-order valence-corrected chi connectivity index (χ3v) is 5.73. The van der Waals surface area contributed by atoms with Crippen molar-refractivity contribution in [1.29, 1.82) is 0 Å². The van der Waals surface area contributed by atoms with E-state index < -0.39 is 5.97 Å². The Bertz CT molecular complexity index is 601. The molecule has 0 saturated heterocycles. The molecule has 0 spiro atoms. The van der Waals surface area contributed by atoms with E-state index in [9.17, 15) is 9.59 Å². The lowest BCUT2D eigenvalue weighted by molar-refractivity contribution is -0.149. The van der Waals surface area contributed by atoms with Crippen LogP contribution in [0.1, 0.15) is 109 Å². The minimum atomic E-state index is -0.726. The molecule has 0 bridgehead atoms. The van der Waals surface area contributed by atoms with Gasteiger partial charge in [0.1, 0.15) is 6.10 Å².